The fourth-order valence-electron chi connectivity index (χ4n) is 1.87. The molecular formula is C16H14ClNO3. The molecule has 0 aliphatic heterocycles. The predicted octanol–water partition coefficient (Wildman–Crippen LogP) is 3.01. The van der Waals surface area contributed by atoms with Crippen LogP contribution in [-0.4, -0.2) is 23.5 Å². The topological polar surface area (TPSA) is 66.4 Å². The highest BCUT2D eigenvalue weighted by atomic mass is 35.5. The van der Waals surface area contributed by atoms with Crippen LogP contribution in [0.3, 0.4) is 0 Å². The second kappa shape index (κ2) is 6.90. The minimum absolute atomic E-state index is 0.0975. The van der Waals surface area contributed by atoms with E-state index >= 15 is 0 Å². The van der Waals surface area contributed by atoms with Crippen LogP contribution < -0.4 is 5.32 Å². The summed E-state index contributed by atoms with van der Waals surface area (Å²) in [7, 11) is 0. The zero-order valence-electron chi connectivity index (χ0n) is 11.2. The number of benzene rings is 2. The van der Waals surface area contributed by atoms with Gasteiger partial charge in [-0.05, 0) is 42.3 Å². The lowest BCUT2D eigenvalue weighted by Crippen LogP contribution is -2.25. The Labute approximate surface area is 127 Å². The molecule has 2 rings (SSSR count). The Morgan fingerprint density at radius 3 is 2.38 bits per heavy atom. The maximum atomic E-state index is 11.9. The van der Waals surface area contributed by atoms with Gasteiger partial charge in [-0.3, -0.25) is 4.79 Å². The molecule has 0 aromatic heterocycles. The van der Waals surface area contributed by atoms with Crippen LogP contribution in [0.15, 0.2) is 48.5 Å². The van der Waals surface area contributed by atoms with Crippen LogP contribution in [-0.2, 0) is 6.42 Å². The first-order chi connectivity index (χ1) is 10.1. The molecule has 21 heavy (non-hydrogen) atoms. The Hall–Kier alpha value is -2.33. The van der Waals surface area contributed by atoms with E-state index in [-0.39, 0.29) is 11.5 Å². The van der Waals surface area contributed by atoms with Crippen molar-refractivity contribution in [3.8, 4) is 0 Å². The monoisotopic (exact) mass is 303 g/mol. The van der Waals surface area contributed by atoms with E-state index in [1.807, 2.05) is 12.1 Å². The molecular weight excluding hydrogens is 290 g/mol. The third-order valence-electron chi connectivity index (χ3n) is 2.98. The van der Waals surface area contributed by atoms with Gasteiger partial charge in [0, 0.05) is 17.1 Å². The lowest BCUT2D eigenvalue weighted by molar-refractivity contribution is 0.0697. The summed E-state index contributed by atoms with van der Waals surface area (Å²) in [5.74, 6) is -1.34. The number of hydrogen-bond acceptors (Lipinski definition) is 2. The Kier molecular flexibility index (Phi) is 4.95. The summed E-state index contributed by atoms with van der Waals surface area (Å²) in [6.45, 7) is 0.470. The second-order valence-electron chi connectivity index (χ2n) is 4.52. The van der Waals surface area contributed by atoms with Crippen LogP contribution in [0.25, 0.3) is 0 Å². The fourth-order valence-corrected chi connectivity index (χ4v) is 1.99. The number of hydrogen-bond donors (Lipinski definition) is 2. The molecule has 0 aliphatic carbocycles. The van der Waals surface area contributed by atoms with Crippen molar-refractivity contribution >= 4 is 23.5 Å². The Balaban J connectivity index is 1.91. The molecule has 108 valence electrons. The molecule has 0 saturated heterocycles. The van der Waals surface area contributed by atoms with Gasteiger partial charge >= 0.3 is 5.97 Å². The van der Waals surface area contributed by atoms with Crippen molar-refractivity contribution in [2.45, 2.75) is 6.42 Å². The van der Waals surface area contributed by atoms with Gasteiger partial charge in [-0.1, -0.05) is 29.8 Å². The maximum absolute atomic E-state index is 11.9. The van der Waals surface area contributed by atoms with E-state index < -0.39 is 5.97 Å². The quantitative estimate of drug-likeness (QED) is 0.892. The van der Waals surface area contributed by atoms with E-state index in [1.165, 1.54) is 12.1 Å². The molecule has 5 heteroatoms. The zero-order valence-corrected chi connectivity index (χ0v) is 11.9. The molecule has 0 heterocycles. The summed E-state index contributed by atoms with van der Waals surface area (Å²) in [5.41, 5.74) is 1.50. The number of carbonyl (C=O) groups is 2. The molecule has 1 amide bonds. The van der Waals surface area contributed by atoms with Crippen molar-refractivity contribution < 1.29 is 14.7 Å². The minimum Gasteiger partial charge on any atom is -0.478 e. The van der Waals surface area contributed by atoms with Crippen LogP contribution in [0, 0.1) is 0 Å². The average Bonchev–Trinajstić information content (AvgIpc) is 2.49. The van der Waals surface area contributed by atoms with E-state index in [0.29, 0.717) is 23.6 Å². The molecule has 0 saturated carbocycles. The molecule has 0 fully saturated rings. The van der Waals surface area contributed by atoms with Crippen LogP contribution in [0.1, 0.15) is 26.3 Å². The number of carboxylic acid groups (broad SMARTS) is 1. The van der Waals surface area contributed by atoms with Crippen LogP contribution in [0.5, 0.6) is 0 Å². The highest BCUT2D eigenvalue weighted by molar-refractivity contribution is 6.30. The van der Waals surface area contributed by atoms with Gasteiger partial charge in [0.1, 0.15) is 0 Å². The Bertz CT molecular complexity index is 653. The summed E-state index contributed by atoms with van der Waals surface area (Å²) in [4.78, 5) is 22.8. The molecule has 0 atom stereocenters. The molecule has 0 spiro atoms. The average molecular weight is 304 g/mol. The van der Waals surface area contributed by atoms with E-state index in [0.717, 1.165) is 5.56 Å². The molecule has 4 nitrogen and oxygen atoms in total. The summed E-state index contributed by atoms with van der Waals surface area (Å²) in [5, 5.41) is 12.3. The Morgan fingerprint density at radius 1 is 1.05 bits per heavy atom. The van der Waals surface area contributed by atoms with E-state index in [9.17, 15) is 9.59 Å². The maximum Gasteiger partial charge on any atom is 0.335 e. The summed E-state index contributed by atoms with van der Waals surface area (Å²) in [6.07, 6.45) is 0.682. The first-order valence-electron chi connectivity index (χ1n) is 6.42. The smallest absolute Gasteiger partial charge is 0.335 e. The zero-order chi connectivity index (χ0) is 15.2. The largest absolute Gasteiger partial charge is 0.478 e. The van der Waals surface area contributed by atoms with Crippen molar-refractivity contribution in [1.82, 2.24) is 5.32 Å². The number of aromatic carboxylic acids is 1. The van der Waals surface area contributed by atoms with E-state index in [4.69, 9.17) is 16.7 Å². The second-order valence-corrected chi connectivity index (χ2v) is 4.95. The summed E-state index contributed by atoms with van der Waals surface area (Å²) in [6, 6.07) is 13.4. The number of halogens is 1. The fraction of sp³-hybridized carbons (Fsp3) is 0.125. The van der Waals surface area contributed by atoms with Crippen molar-refractivity contribution in [3.05, 3.63) is 70.2 Å². The lowest BCUT2D eigenvalue weighted by atomic mass is 10.1. The van der Waals surface area contributed by atoms with Gasteiger partial charge in [0.2, 0.25) is 0 Å². The summed E-state index contributed by atoms with van der Waals surface area (Å²) < 4.78 is 0. The van der Waals surface area contributed by atoms with Gasteiger partial charge in [-0.2, -0.15) is 0 Å². The number of carboxylic acids is 1. The molecule has 0 aliphatic rings. The number of carbonyl (C=O) groups excluding carboxylic acids is 1. The SMILES string of the molecule is O=C(O)c1cccc(C(=O)NCCc2ccc(Cl)cc2)c1. The first-order valence-corrected chi connectivity index (χ1v) is 6.80. The number of amides is 1. The standard InChI is InChI=1S/C16H14ClNO3/c17-14-6-4-11(5-7-14)8-9-18-15(19)12-2-1-3-13(10-12)16(20)21/h1-7,10H,8-9H2,(H,18,19)(H,20,21). The normalized spacial score (nSPS) is 10.1. The molecule has 0 unspecified atom stereocenters. The number of nitrogens with one attached hydrogen (secondary N) is 1. The highest BCUT2D eigenvalue weighted by Crippen LogP contribution is 2.10. The first kappa shape index (κ1) is 15.1. The van der Waals surface area contributed by atoms with Crippen LogP contribution in [0.4, 0.5) is 0 Å². The predicted molar refractivity (Wildman–Crippen MR) is 80.9 cm³/mol. The molecule has 0 bridgehead atoms. The Morgan fingerprint density at radius 2 is 1.71 bits per heavy atom. The van der Waals surface area contributed by atoms with Crippen molar-refractivity contribution in [2.24, 2.45) is 0 Å². The number of rotatable bonds is 5. The summed E-state index contributed by atoms with van der Waals surface area (Å²) >= 11 is 5.80. The molecule has 2 aromatic carbocycles. The van der Waals surface area contributed by atoms with Gasteiger partial charge in [-0.25, -0.2) is 4.79 Å². The van der Waals surface area contributed by atoms with Crippen LogP contribution in [0.2, 0.25) is 5.02 Å². The van der Waals surface area contributed by atoms with Gasteiger partial charge in [0.15, 0.2) is 0 Å². The van der Waals surface area contributed by atoms with Crippen molar-refractivity contribution in [2.75, 3.05) is 6.54 Å². The lowest BCUT2D eigenvalue weighted by Gasteiger charge is -2.06. The molecule has 2 aromatic rings. The van der Waals surface area contributed by atoms with Crippen molar-refractivity contribution in [1.29, 1.82) is 0 Å². The van der Waals surface area contributed by atoms with E-state index in [2.05, 4.69) is 5.32 Å². The minimum atomic E-state index is -1.05. The third-order valence-corrected chi connectivity index (χ3v) is 3.24. The molecule has 0 radical (unpaired) electrons. The third kappa shape index (κ3) is 4.33. The van der Waals surface area contributed by atoms with Gasteiger partial charge in [0.25, 0.3) is 5.91 Å². The van der Waals surface area contributed by atoms with Gasteiger partial charge in [0.05, 0.1) is 5.56 Å². The van der Waals surface area contributed by atoms with Gasteiger partial charge in [-0.15, -0.1) is 0 Å². The molecule has 2 N–H and O–H groups in total. The van der Waals surface area contributed by atoms with Crippen LogP contribution >= 0.6 is 11.6 Å². The highest BCUT2D eigenvalue weighted by Gasteiger charge is 2.08. The van der Waals surface area contributed by atoms with Gasteiger partial charge < -0.3 is 10.4 Å². The van der Waals surface area contributed by atoms with E-state index in [1.54, 1.807) is 24.3 Å². The van der Waals surface area contributed by atoms with Crippen molar-refractivity contribution in [3.63, 3.8) is 0 Å².